The Morgan fingerprint density at radius 3 is 2.25 bits per heavy atom. The molecule has 0 unspecified atom stereocenters. The van der Waals surface area contributed by atoms with E-state index in [1.54, 1.807) is 12.1 Å². The second-order valence-corrected chi connectivity index (χ2v) is 6.59. The van der Waals surface area contributed by atoms with Crippen molar-refractivity contribution >= 4 is 21.6 Å². The molecule has 2 rings (SSSR count). The molecule has 9 heteroatoms. The van der Waals surface area contributed by atoms with E-state index in [4.69, 9.17) is 10.6 Å². The largest absolute Gasteiger partial charge is 0.497 e. The van der Waals surface area contributed by atoms with E-state index in [1.807, 2.05) is 5.43 Å². The van der Waals surface area contributed by atoms with Crippen LogP contribution in [0.25, 0.3) is 0 Å². The molecule has 0 bridgehead atoms. The molecule has 0 aliphatic heterocycles. The molecule has 1 amide bonds. The van der Waals surface area contributed by atoms with Gasteiger partial charge in [-0.05, 0) is 48.5 Å². The Labute approximate surface area is 138 Å². The lowest BCUT2D eigenvalue weighted by molar-refractivity contribution is -0.119. The number of nitrogens with one attached hydrogen (secondary N) is 1. The summed E-state index contributed by atoms with van der Waals surface area (Å²) in [7, 11) is -2.61. The highest BCUT2D eigenvalue weighted by atomic mass is 32.2. The smallest absolute Gasteiger partial charge is 0.264 e. The number of hydrogen-bond donors (Lipinski definition) is 2. The van der Waals surface area contributed by atoms with Crippen molar-refractivity contribution in [3.05, 3.63) is 54.3 Å². The van der Waals surface area contributed by atoms with Crippen LogP contribution in [0.4, 0.5) is 10.1 Å². The Morgan fingerprint density at radius 1 is 1.17 bits per heavy atom. The van der Waals surface area contributed by atoms with Crippen LogP contribution in [-0.2, 0) is 14.8 Å². The molecule has 0 saturated heterocycles. The van der Waals surface area contributed by atoms with Crippen molar-refractivity contribution in [1.29, 1.82) is 0 Å². The molecule has 0 saturated carbocycles. The molecule has 0 radical (unpaired) electrons. The van der Waals surface area contributed by atoms with Crippen LogP contribution in [0.2, 0.25) is 0 Å². The Balaban J connectivity index is 2.47. The summed E-state index contributed by atoms with van der Waals surface area (Å²) >= 11 is 0. The van der Waals surface area contributed by atoms with E-state index in [9.17, 15) is 17.6 Å². The highest BCUT2D eigenvalue weighted by Gasteiger charge is 2.27. The highest BCUT2D eigenvalue weighted by molar-refractivity contribution is 7.92. The fourth-order valence-electron chi connectivity index (χ4n) is 1.97. The van der Waals surface area contributed by atoms with E-state index in [0.29, 0.717) is 5.75 Å². The number of ether oxygens (including phenoxy) is 1. The molecule has 0 heterocycles. The van der Waals surface area contributed by atoms with Crippen molar-refractivity contribution in [3.63, 3.8) is 0 Å². The van der Waals surface area contributed by atoms with Gasteiger partial charge in [0.1, 0.15) is 18.1 Å². The summed E-state index contributed by atoms with van der Waals surface area (Å²) in [5.74, 6) is 4.32. The van der Waals surface area contributed by atoms with Gasteiger partial charge in [-0.1, -0.05) is 0 Å². The van der Waals surface area contributed by atoms with Crippen LogP contribution in [0.5, 0.6) is 5.75 Å². The number of amides is 1. The fraction of sp³-hybridized carbons (Fsp3) is 0.133. The van der Waals surface area contributed by atoms with Crippen molar-refractivity contribution in [2.75, 3.05) is 18.0 Å². The lowest BCUT2D eigenvalue weighted by atomic mass is 10.3. The van der Waals surface area contributed by atoms with Gasteiger partial charge < -0.3 is 4.74 Å². The van der Waals surface area contributed by atoms with Gasteiger partial charge >= 0.3 is 0 Å². The first kappa shape index (κ1) is 17.7. The van der Waals surface area contributed by atoms with Crippen LogP contribution in [-0.4, -0.2) is 28.0 Å². The average molecular weight is 353 g/mol. The number of benzene rings is 2. The summed E-state index contributed by atoms with van der Waals surface area (Å²) in [6.45, 7) is -0.525. The third-order valence-corrected chi connectivity index (χ3v) is 5.00. The predicted octanol–water partition coefficient (Wildman–Crippen LogP) is 1.02. The standard InChI is InChI=1S/C15H16FN3O4S/c1-23-13-6-4-12(5-7-13)19(10-15(20)18-17)24(21,22)14-8-2-11(16)3-9-14/h2-9H,10,17H2,1H3,(H,18,20). The van der Waals surface area contributed by atoms with Crippen LogP contribution in [0, 0.1) is 5.82 Å². The third kappa shape index (κ3) is 3.81. The molecule has 2 aromatic carbocycles. The number of sulfonamides is 1. The minimum Gasteiger partial charge on any atom is -0.497 e. The summed E-state index contributed by atoms with van der Waals surface area (Å²) < 4.78 is 44.5. The van der Waals surface area contributed by atoms with Crippen molar-refractivity contribution in [2.45, 2.75) is 4.90 Å². The first-order chi connectivity index (χ1) is 11.4. The van der Waals surface area contributed by atoms with Crippen LogP contribution < -0.4 is 20.3 Å². The van der Waals surface area contributed by atoms with Gasteiger partial charge in [-0.15, -0.1) is 0 Å². The number of rotatable bonds is 6. The first-order valence-corrected chi connectivity index (χ1v) is 8.24. The lowest BCUT2D eigenvalue weighted by Crippen LogP contribution is -2.43. The van der Waals surface area contributed by atoms with E-state index >= 15 is 0 Å². The van der Waals surface area contributed by atoms with E-state index < -0.39 is 28.3 Å². The van der Waals surface area contributed by atoms with Gasteiger partial charge in [0.05, 0.1) is 17.7 Å². The van der Waals surface area contributed by atoms with Gasteiger partial charge in [0.25, 0.3) is 15.9 Å². The number of hydrazine groups is 1. The van der Waals surface area contributed by atoms with E-state index in [0.717, 1.165) is 28.6 Å². The number of methoxy groups -OCH3 is 1. The van der Waals surface area contributed by atoms with E-state index in [2.05, 4.69) is 0 Å². The van der Waals surface area contributed by atoms with Crippen molar-refractivity contribution < 1.29 is 22.3 Å². The third-order valence-electron chi connectivity index (χ3n) is 3.21. The molecule has 0 fully saturated rings. The average Bonchev–Trinajstić information content (AvgIpc) is 2.59. The molecule has 0 spiro atoms. The molecular formula is C15H16FN3O4S. The van der Waals surface area contributed by atoms with Crippen molar-refractivity contribution in [1.82, 2.24) is 5.43 Å². The number of anilines is 1. The molecule has 2 aromatic rings. The van der Waals surface area contributed by atoms with Gasteiger partial charge in [-0.3, -0.25) is 14.5 Å². The van der Waals surface area contributed by atoms with Gasteiger partial charge in [0, 0.05) is 0 Å². The normalized spacial score (nSPS) is 11.0. The SMILES string of the molecule is COc1ccc(N(CC(=O)NN)S(=O)(=O)c2ccc(F)cc2)cc1. The highest BCUT2D eigenvalue weighted by Crippen LogP contribution is 2.25. The number of nitrogens with two attached hydrogens (primary N) is 1. The summed E-state index contributed by atoms with van der Waals surface area (Å²) in [6, 6.07) is 10.4. The number of carbonyl (C=O) groups excluding carboxylic acids is 1. The van der Waals surface area contributed by atoms with Crippen LogP contribution in [0.15, 0.2) is 53.4 Å². The van der Waals surface area contributed by atoms with Gasteiger partial charge in [0.15, 0.2) is 0 Å². The number of halogens is 1. The minimum absolute atomic E-state index is 0.149. The molecule has 7 nitrogen and oxygen atoms in total. The zero-order valence-corrected chi connectivity index (χ0v) is 13.6. The molecule has 24 heavy (non-hydrogen) atoms. The molecular weight excluding hydrogens is 337 g/mol. The fourth-order valence-corrected chi connectivity index (χ4v) is 3.39. The summed E-state index contributed by atoms with van der Waals surface area (Å²) in [4.78, 5) is 11.5. The van der Waals surface area contributed by atoms with Gasteiger partial charge in [-0.25, -0.2) is 18.7 Å². The maximum atomic E-state index is 13.0. The Hall–Kier alpha value is -2.65. The molecule has 128 valence electrons. The van der Waals surface area contributed by atoms with E-state index in [-0.39, 0.29) is 10.6 Å². The monoisotopic (exact) mass is 353 g/mol. The summed E-state index contributed by atoms with van der Waals surface area (Å²) in [5.41, 5.74) is 2.13. The Bertz CT molecular complexity index is 808. The molecule has 3 N–H and O–H groups in total. The van der Waals surface area contributed by atoms with Gasteiger partial charge in [-0.2, -0.15) is 0 Å². The maximum absolute atomic E-state index is 13.0. The molecule has 0 aliphatic rings. The zero-order chi connectivity index (χ0) is 17.7. The molecule has 0 atom stereocenters. The zero-order valence-electron chi connectivity index (χ0n) is 12.8. The van der Waals surface area contributed by atoms with Crippen molar-refractivity contribution in [3.8, 4) is 5.75 Å². The summed E-state index contributed by atoms with van der Waals surface area (Å²) in [5, 5.41) is 0. The van der Waals surface area contributed by atoms with Crippen LogP contribution in [0.1, 0.15) is 0 Å². The molecule has 0 aromatic heterocycles. The van der Waals surface area contributed by atoms with Crippen molar-refractivity contribution in [2.24, 2.45) is 5.84 Å². The Morgan fingerprint density at radius 2 is 1.75 bits per heavy atom. The second kappa shape index (κ2) is 7.28. The quantitative estimate of drug-likeness (QED) is 0.459. The molecule has 0 aliphatic carbocycles. The minimum atomic E-state index is -4.09. The summed E-state index contributed by atoms with van der Waals surface area (Å²) in [6.07, 6.45) is 0. The topological polar surface area (TPSA) is 102 Å². The first-order valence-electron chi connectivity index (χ1n) is 6.80. The van der Waals surface area contributed by atoms with Crippen LogP contribution in [0.3, 0.4) is 0 Å². The van der Waals surface area contributed by atoms with E-state index in [1.165, 1.54) is 19.2 Å². The Kier molecular flexibility index (Phi) is 5.37. The maximum Gasteiger partial charge on any atom is 0.264 e. The predicted molar refractivity (Wildman–Crippen MR) is 86.3 cm³/mol. The lowest BCUT2D eigenvalue weighted by Gasteiger charge is -2.23. The van der Waals surface area contributed by atoms with Crippen LogP contribution >= 0.6 is 0 Å². The second-order valence-electron chi connectivity index (χ2n) is 4.73. The van der Waals surface area contributed by atoms with Gasteiger partial charge in [0.2, 0.25) is 0 Å². The number of carbonyl (C=O) groups is 1. The number of nitrogens with zero attached hydrogens (tertiary/aromatic N) is 1. The number of hydrogen-bond acceptors (Lipinski definition) is 5.